The first kappa shape index (κ1) is 14.1. The van der Waals surface area contributed by atoms with Gasteiger partial charge < -0.3 is 5.73 Å². The van der Waals surface area contributed by atoms with Gasteiger partial charge >= 0.3 is 5.69 Å². The number of nitro groups is 2. The second kappa shape index (κ2) is 5.33. The Kier molecular flexibility index (Phi) is 3.57. The van der Waals surface area contributed by atoms with Gasteiger partial charge in [-0.2, -0.15) is 4.57 Å². The molecule has 0 bridgehead atoms. The van der Waals surface area contributed by atoms with Crippen LogP contribution >= 0.6 is 0 Å². The first-order chi connectivity index (χ1) is 9.90. The molecule has 0 unspecified atom stereocenters. The summed E-state index contributed by atoms with van der Waals surface area (Å²) in [6, 6.07) is 6.19. The monoisotopic (exact) mass is 289 g/mol. The lowest BCUT2D eigenvalue weighted by Gasteiger charge is -1.99. The standard InChI is InChI=1S/C12H8N4O5/c13-12(17)8-2-1-5-14(7-8)10-4-3-9(15(18)19)6-11(10)16(20)21/h1-7H,(H-,13,17)/p+1. The van der Waals surface area contributed by atoms with Crippen LogP contribution in [0.15, 0.2) is 42.7 Å². The SMILES string of the molecule is NC(=O)c1ccc[n+](-c2ccc([N+](=O)[O-])cc2[N+](=O)[O-])c1. The molecule has 0 spiro atoms. The molecular weight excluding hydrogens is 280 g/mol. The van der Waals surface area contributed by atoms with Crippen LogP contribution in [0.3, 0.4) is 0 Å². The predicted octanol–water partition coefficient (Wildman–Crippen LogP) is 0.879. The maximum absolute atomic E-state index is 11.1. The Balaban J connectivity index is 2.63. The summed E-state index contributed by atoms with van der Waals surface area (Å²) in [6.45, 7) is 0. The molecule has 21 heavy (non-hydrogen) atoms. The first-order valence-corrected chi connectivity index (χ1v) is 5.64. The van der Waals surface area contributed by atoms with E-state index in [0.29, 0.717) is 0 Å². The number of nitrogens with zero attached hydrogens (tertiary/aromatic N) is 3. The number of rotatable bonds is 4. The van der Waals surface area contributed by atoms with Gasteiger partial charge in [-0.15, -0.1) is 0 Å². The lowest BCUT2D eigenvalue weighted by atomic mass is 10.2. The van der Waals surface area contributed by atoms with Gasteiger partial charge in [-0.25, -0.2) is 0 Å². The average molecular weight is 289 g/mol. The van der Waals surface area contributed by atoms with Gasteiger partial charge in [0.25, 0.3) is 17.3 Å². The number of nitro benzene ring substituents is 2. The molecule has 2 N–H and O–H groups in total. The molecule has 0 fully saturated rings. The minimum absolute atomic E-state index is 0.0914. The highest BCUT2D eigenvalue weighted by Crippen LogP contribution is 2.24. The van der Waals surface area contributed by atoms with Crippen molar-refractivity contribution >= 4 is 17.3 Å². The van der Waals surface area contributed by atoms with E-state index in [2.05, 4.69) is 0 Å². The minimum Gasteiger partial charge on any atom is -0.365 e. The Hall–Kier alpha value is -3.36. The van der Waals surface area contributed by atoms with Crippen LogP contribution < -0.4 is 10.3 Å². The molecule has 0 aliphatic heterocycles. The van der Waals surface area contributed by atoms with Crippen molar-refractivity contribution in [2.75, 3.05) is 0 Å². The fourth-order valence-electron chi connectivity index (χ4n) is 1.76. The quantitative estimate of drug-likeness (QED) is 0.506. The predicted molar refractivity (Wildman–Crippen MR) is 69.8 cm³/mol. The Morgan fingerprint density at radius 3 is 2.43 bits per heavy atom. The van der Waals surface area contributed by atoms with E-state index < -0.39 is 27.1 Å². The number of nitrogens with two attached hydrogens (primary N) is 1. The second-order valence-electron chi connectivity index (χ2n) is 4.05. The number of carbonyl (C=O) groups excluding carboxylic acids is 1. The molecule has 0 atom stereocenters. The van der Waals surface area contributed by atoms with E-state index in [1.807, 2.05) is 0 Å². The van der Waals surface area contributed by atoms with E-state index in [4.69, 9.17) is 5.73 Å². The van der Waals surface area contributed by atoms with Crippen LogP contribution in [0.4, 0.5) is 11.4 Å². The molecule has 0 radical (unpaired) electrons. The molecule has 1 aromatic carbocycles. The molecule has 0 aliphatic rings. The van der Waals surface area contributed by atoms with E-state index in [1.54, 1.807) is 0 Å². The highest BCUT2D eigenvalue weighted by Gasteiger charge is 2.26. The molecule has 9 nitrogen and oxygen atoms in total. The normalized spacial score (nSPS) is 10.1. The van der Waals surface area contributed by atoms with Crippen molar-refractivity contribution in [1.82, 2.24) is 0 Å². The van der Waals surface area contributed by atoms with Gasteiger partial charge in [0.1, 0.15) is 11.6 Å². The fraction of sp³-hybridized carbons (Fsp3) is 0. The molecule has 0 aliphatic carbocycles. The van der Waals surface area contributed by atoms with E-state index in [1.165, 1.54) is 35.2 Å². The summed E-state index contributed by atoms with van der Waals surface area (Å²) >= 11 is 0. The lowest BCUT2D eigenvalue weighted by Crippen LogP contribution is -2.32. The van der Waals surface area contributed by atoms with E-state index in [-0.39, 0.29) is 11.3 Å². The maximum Gasteiger partial charge on any atom is 0.347 e. The molecule has 2 rings (SSSR count). The van der Waals surface area contributed by atoms with E-state index >= 15 is 0 Å². The number of benzene rings is 1. The summed E-state index contributed by atoms with van der Waals surface area (Å²) < 4.78 is 1.31. The van der Waals surface area contributed by atoms with Crippen molar-refractivity contribution < 1.29 is 19.2 Å². The van der Waals surface area contributed by atoms with Gasteiger partial charge in [0.15, 0.2) is 12.4 Å². The van der Waals surface area contributed by atoms with Gasteiger partial charge in [0.2, 0.25) is 0 Å². The molecule has 106 valence electrons. The van der Waals surface area contributed by atoms with Gasteiger partial charge in [0.05, 0.1) is 9.85 Å². The van der Waals surface area contributed by atoms with Crippen LogP contribution in [0.2, 0.25) is 0 Å². The van der Waals surface area contributed by atoms with Crippen LogP contribution in [0.1, 0.15) is 10.4 Å². The second-order valence-corrected chi connectivity index (χ2v) is 4.05. The number of carbonyl (C=O) groups is 1. The van der Waals surface area contributed by atoms with Crippen molar-refractivity contribution in [2.45, 2.75) is 0 Å². The van der Waals surface area contributed by atoms with Crippen LogP contribution in [0, 0.1) is 20.2 Å². The zero-order chi connectivity index (χ0) is 15.6. The fourth-order valence-corrected chi connectivity index (χ4v) is 1.76. The van der Waals surface area contributed by atoms with Crippen molar-refractivity contribution in [2.24, 2.45) is 5.73 Å². The van der Waals surface area contributed by atoms with Crippen molar-refractivity contribution in [3.05, 3.63) is 68.5 Å². The summed E-state index contributed by atoms with van der Waals surface area (Å²) in [4.78, 5) is 31.4. The molecule has 2 aromatic rings. The zero-order valence-corrected chi connectivity index (χ0v) is 10.5. The lowest BCUT2D eigenvalue weighted by molar-refractivity contribution is -0.601. The Morgan fingerprint density at radius 1 is 1.14 bits per heavy atom. The van der Waals surface area contributed by atoms with E-state index in [0.717, 1.165) is 12.1 Å². The summed E-state index contributed by atoms with van der Waals surface area (Å²) in [5.74, 6) is -0.686. The first-order valence-electron chi connectivity index (χ1n) is 5.64. The molecule has 1 aromatic heterocycles. The Bertz CT molecular complexity index is 759. The highest BCUT2D eigenvalue weighted by atomic mass is 16.6. The number of hydrogen-bond acceptors (Lipinski definition) is 5. The topological polar surface area (TPSA) is 133 Å². The third-order valence-electron chi connectivity index (χ3n) is 2.73. The highest BCUT2D eigenvalue weighted by molar-refractivity contribution is 5.92. The van der Waals surface area contributed by atoms with Gasteiger partial charge in [0, 0.05) is 18.2 Å². The number of primary amides is 1. The van der Waals surface area contributed by atoms with Crippen LogP contribution in [0.5, 0.6) is 0 Å². The van der Waals surface area contributed by atoms with Crippen molar-refractivity contribution in [1.29, 1.82) is 0 Å². The summed E-state index contributed by atoms with van der Waals surface area (Å²) in [5.41, 5.74) is 4.56. The molecule has 9 heteroatoms. The third kappa shape index (κ3) is 2.81. The number of pyridine rings is 1. The summed E-state index contributed by atoms with van der Waals surface area (Å²) in [6.07, 6.45) is 2.79. The van der Waals surface area contributed by atoms with Crippen LogP contribution in [-0.2, 0) is 0 Å². The molecule has 1 heterocycles. The Labute approximate surface area is 117 Å². The summed E-state index contributed by atoms with van der Waals surface area (Å²) in [5, 5.41) is 21.7. The van der Waals surface area contributed by atoms with Crippen molar-refractivity contribution in [3.8, 4) is 5.69 Å². The van der Waals surface area contributed by atoms with Gasteiger partial charge in [-0.1, -0.05) is 0 Å². The van der Waals surface area contributed by atoms with E-state index in [9.17, 15) is 25.0 Å². The third-order valence-corrected chi connectivity index (χ3v) is 2.73. The largest absolute Gasteiger partial charge is 0.365 e. The number of aromatic nitrogens is 1. The smallest absolute Gasteiger partial charge is 0.347 e. The number of hydrogen-bond donors (Lipinski definition) is 1. The number of amides is 1. The van der Waals surface area contributed by atoms with Crippen molar-refractivity contribution in [3.63, 3.8) is 0 Å². The van der Waals surface area contributed by atoms with Gasteiger partial charge in [-0.05, 0) is 6.07 Å². The number of non-ortho nitro benzene ring substituents is 1. The maximum atomic E-state index is 11.1. The molecular formula is C12H9N4O5+. The Morgan fingerprint density at radius 2 is 1.86 bits per heavy atom. The molecule has 1 amide bonds. The average Bonchev–Trinajstić information content (AvgIpc) is 2.46. The molecule has 0 saturated carbocycles. The van der Waals surface area contributed by atoms with Gasteiger partial charge in [-0.3, -0.25) is 25.0 Å². The zero-order valence-electron chi connectivity index (χ0n) is 10.5. The van der Waals surface area contributed by atoms with Crippen LogP contribution in [0.25, 0.3) is 5.69 Å². The van der Waals surface area contributed by atoms with Crippen LogP contribution in [-0.4, -0.2) is 15.8 Å². The minimum atomic E-state index is -0.730. The summed E-state index contributed by atoms with van der Waals surface area (Å²) in [7, 11) is 0. The molecule has 0 saturated heterocycles.